The summed E-state index contributed by atoms with van der Waals surface area (Å²) in [4.78, 5) is 13.7. The van der Waals surface area contributed by atoms with E-state index in [9.17, 15) is 13.2 Å². The van der Waals surface area contributed by atoms with Gasteiger partial charge in [-0.25, -0.2) is 13.1 Å². The number of hydrogen-bond acceptors (Lipinski definition) is 4. The molecule has 1 aliphatic rings. The fourth-order valence-electron chi connectivity index (χ4n) is 2.90. The Morgan fingerprint density at radius 3 is 2.52 bits per heavy atom. The first-order valence-electron chi connectivity index (χ1n) is 8.43. The first-order chi connectivity index (χ1) is 12.6. The number of fused-ring (bicyclic) bond motifs is 1. The first kappa shape index (κ1) is 19.7. The maximum Gasteiger partial charge on any atom is 0.240 e. The molecule has 0 atom stereocenters. The number of benzene rings is 2. The van der Waals surface area contributed by atoms with Crippen LogP contribution in [0.1, 0.15) is 26.3 Å². The zero-order valence-corrected chi connectivity index (χ0v) is 16.9. The lowest BCUT2D eigenvalue weighted by Gasteiger charge is -2.39. The Labute approximate surface area is 164 Å². The molecule has 1 aliphatic heterocycles. The molecular formula is C19H21ClN2O4S. The second kappa shape index (κ2) is 7.14. The third-order valence-electron chi connectivity index (χ3n) is 4.22. The molecule has 1 N–H and O–H groups in total. The van der Waals surface area contributed by atoms with Crippen molar-refractivity contribution in [3.63, 3.8) is 0 Å². The molecule has 0 spiro atoms. The summed E-state index contributed by atoms with van der Waals surface area (Å²) in [5.41, 5.74) is 0.693. The highest BCUT2D eigenvalue weighted by Crippen LogP contribution is 2.38. The molecule has 1 amide bonds. The van der Waals surface area contributed by atoms with E-state index < -0.39 is 15.6 Å². The summed E-state index contributed by atoms with van der Waals surface area (Å²) in [5, 5.41) is 0.587. The molecule has 3 rings (SSSR count). The minimum Gasteiger partial charge on any atom is -0.484 e. The van der Waals surface area contributed by atoms with Gasteiger partial charge in [0.15, 0.2) is 0 Å². The standard InChI is InChI=1S/C19H21ClN2O4S/c1-13(23)22-12-19(2,3)26-18-9-8-16(10-17(18)22)27(24,25)21-11-14-4-6-15(20)7-5-14/h4-10,21H,11-12H2,1-3H3. The van der Waals surface area contributed by atoms with Gasteiger partial charge in [-0.2, -0.15) is 0 Å². The number of carbonyl (C=O) groups is 1. The number of anilines is 1. The van der Waals surface area contributed by atoms with Crippen LogP contribution in [0.3, 0.4) is 0 Å². The average molecular weight is 409 g/mol. The number of sulfonamides is 1. The van der Waals surface area contributed by atoms with E-state index in [4.69, 9.17) is 16.3 Å². The summed E-state index contributed by atoms with van der Waals surface area (Å²) in [6.45, 7) is 5.69. The van der Waals surface area contributed by atoms with E-state index in [1.165, 1.54) is 24.0 Å². The van der Waals surface area contributed by atoms with Crippen LogP contribution in [0.4, 0.5) is 5.69 Å². The van der Waals surface area contributed by atoms with Crippen LogP contribution in [-0.4, -0.2) is 26.5 Å². The van der Waals surface area contributed by atoms with Gasteiger partial charge in [0, 0.05) is 18.5 Å². The van der Waals surface area contributed by atoms with Crippen LogP contribution in [0, 0.1) is 0 Å². The highest BCUT2D eigenvalue weighted by atomic mass is 35.5. The Kier molecular flexibility index (Phi) is 5.20. The van der Waals surface area contributed by atoms with Gasteiger partial charge in [0.2, 0.25) is 15.9 Å². The van der Waals surface area contributed by atoms with E-state index in [-0.39, 0.29) is 17.3 Å². The summed E-state index contributed by atoms with van der Waals surface area (Å²) in [6, 6.07) is 11.4. The summed E-state index contributed by atoms with van der Waals surface area (Å²) >= 11 is 5.84. The minimum absolute atomic E-state index is 0.0739. The Bertz CT molecular complexity index is 972. The molecular weight excluding hydrogens is 388 g/mol. The third kappa shape index (κ3) is 4.43. The number of nitrogens with zero attached hydrogens (tertiary/aromatic N) is 1. The number of halogens is 1. The summed E-state index contributed by atoms with van der Waals surface area (Å²) in [6.07, 6.45) is 0. The van der Waals surface area contributed by atoms with Gasteiger partial charge in [-0.1, -0.05) is 23.7 Å². The molecule has 27 heavy (non-hydrogen) atoms. The SMILES string of the molecule is CC(=O)N1CC(C)(C)Oc2ccc(S(=O)(=O)NCc3ccc(Cl)cc3)cc21. The van der Waals surface area contributed by atoms with E-state index in [1.54, 1.807) is 30.3 Å². The maximum atomic E-state index is 12.7. The van der Waals surface area contributed by atoms with E-state index in [1.807, 2.05) is 13.8 Å². The zero-order chi connectivity index (χ0) is 19.8. The van der Waals surface area contributed by atoms with Crippen molar-refractivity contribution in [3.8, 4) is 5.75 Å². The Morgan fingerprint density at radius 1 is 1.22 bits per heavy atom. The van der Waals surface area contributed by atoms with E-state index in [0.29, 0.717) is 23.0 Å². The van der Waals surface area contributed by atoms with Gasteiger partial charge in [-0.3, -0.25) is 4.79 Å². The molecule has 8 heteroatoms. The van der Waals surface area contributed by atoms with Crippen molar-refractivity contribution in [1.29, 1.82) is 0 Å². The number of amides is 1. The zero-order valence-electron chi connectivity index (χ0n) is 15.3. The number of carbonyl (C=O) groups excluding carboxylic acids is 1. The lowest BCUT2D eigenvalue weighted by atomic mass is 10.1. The van der Waals surface area contributed by atoms with Crippen molar-refractivity contribution in [1.82, 2.24) is 4.72 Å². The van der Waals surface area contributed by atoms with Gasteiger partial charge in [0.25, 0.3) is 0 Å². The van der Waals surface area contributed by atoms with Gasteiger partial charge in [0.05, 0.1) is 17.1 Å². The fraction of sp³-hybridized carbons (Fsp3) is 0.316. The Balaban J connectivity index is 1.87. The monoisotopic (exact) mass is 408 g/mol. The van der Waals surface area contributed by atoms with Crippen LogP contribution in [0.5, 0.6) is 5.75 Å². The number of rotatable bonds is 4. The first-order valence-corrected chi connectivity index (χ1v) is 10.3. The van der Waals surface area contributed by atoms with Gasteiger partial charge in [0.1, 0.15) is 11.4 Å². The van der Waals surface area contributed by atoms with Crippen LogP contribution >= 0.6 is 11.6 Å². The lowest BCUT2D eigenvalue weighted by molar-refractivity contribution is -0.117. The molecule has 0 bridgehead atoms. The summed E-state index contributed by atoms with van der Waals surface area (Å²) in [5.74, 6) is 0.314. The van der Waals surface area contributed by atoms with Crippen LogP contribution in [0.25, 0.3) is 0 Å². The molecule has 0 aliphatic carbocycles. The molecule has 0 radical (unpaired) electrons. The van der Waals surface area contributed by atoms with Crippen molar-refractivity contribution in [2.24, 2.45) is 0 Å². The molecule has 1 heterocycles. The minimum atomic E-state index is -3.76. The van der Waals surface area contributed by atoms with E-state index in [2.05, 4.69) is 4.72 Å². The van der Waals surface area contributed by atoms with Crippen molar-refractivity contribution in [3.05, 3.63) is 53.1 Å². The third-order valence-corrected chi connectivity index (χ3v) is 5.87. The average Bonchev–Trinajstić information content (AvgIpc) is 2.59. The molecule has 144 valence electrons. The van der Waals surface area contributed by atoms with Crippen molar-refractivity contribution >= 4 is 33.2 Å². The predicted octanol–water partition coefficient (Wildman–Crippen LogP) is 3.34. The van der Waals surface area contributed by atoms with Gasteiger partial charge < -0.3 is 9.64 Å². The quantitative estimate of drug-likeness (QED) is 0.841. The molecule has 2 aromatic rings. The van der Waals surface area contributed by atoms with Crippen molar-refractivity contribution < 1.29 is 17.9 Å². The highest BCUT2D eigenvalue weighted by molar-refractivity contribution is 7.89. The molecule has 0 saturated carbocycles. The number of hydrogen-bond donors (Lipinski definition) is 1. The molecule has 0 aromatic heterocycles. The van der Waals surface area contributed by atoms with Crippen LogP contribution in [0.15, 0.2) is 47.4 Å². The van der Waals surface area contributed by atoms with Crippen LogP contribution in [-0.2, 0) is 21.4 Å². The Morgan fingerprint density at radius 2 is 1.89 bits per heavy atom. The van der Waals surface area contributed by atoms with Gasteiger partial charge in [-0.15, -0.1) is 0 Å². The van der Waals surface area contributed by atoms with E-state index in [0.717, 1.165) is 5.56 Å². The summed E-state index contributed by atoms with van der Waals surface area (Å²) < 4.78 is 33.8. The largest absolute Gasteiger partial charge is 0.484 e. The molecule has 0 fully saturated rings. The summed E-state index contributed by atoms with van der Waals surface area (Å²) in [7, 11) is -3.76. The second-order valence-corrected chi connectivity index (χ2v) is 9.25. The second-order valence-electron chi connectivity index (χ2n) is 7.05. The van der Waals surface area contributed by atoms with Crippen molar-refractivity contribution in [2.75, 3.05) is 11.4 Å². The highest BCUT2D eigenvalue weighted by Gasteiger charge is 2.34. The lowest BCUT2D eigenvalue weighted by Crippen LogP contribution is -2.48. The van der Waals surface area contributed by atoms with Gasteiger partial charge in [-0.05, 0) is 49.7 Å². The molecule has 2 aromatic carbocycles. The number of ether oxygens (including phenoxy) is 1. The topological polar surface area (TPSA) is 75.7 Å². The molecule has 0 saturated heterocycles. The smallest absolute Gasteiger partial charge is 0.240 e. The van der Waals surface area contributed by atoms with Crippen LogP contribution in [0.2, 0.25) is 5.02 Å². The predicted molar refractivity (Wildman–Crippen MR) is 105 cm³/mol. The fourth-order valence-corrected chi connectivity index (χ4v) is 4.07. The molecule has 0 unspecified atom stereocenters. The van der Waals surface area contributed by atoms with Gasteiger partial charge >= 0.3 is 0 Å². The normalized spacial score (nSPS) is 15.8. The Hall–Kier alpha value is -2.09. The van der Waals surface area contributed by atoms with Crippen molar-refractivity contribution in [2.45, 2.75) is 37.8 Å². The van der Waals surface area contributed by atoms with E-state index >= 15 is 0 Å². The molecule has 6 nitrogen and oxygen atoms in total. The van der Waals surface area contributed by atoms with Crippen LogP contribution < -0.4 is 14.4 Å². The maximum absolute atomic E-state index is 12.7. The number of nitrogens with one attached hydrogen (secondary N) is 1.